The molecule has 1 heterocycles. The fourth-order valence-corrected chi connectivity index (χ4v) is 2.07. The predicted octanol–water partition coefficient (Wildman–Crippen LogP) is 2.86. The molecule has 0 fully saturated rings. The highest BCUT2D eigenvalue weighted by atomic mass is 35.5. The Kier molecular flexibility index (Phi) is 4.25. The van der Waals surface area contributed by atoms with Crippen molar-refractivity contribution < 1.29 is 10.0 Å². The molecule has 0 amide bonds. The Balaban J connectivity index is 2.43. The van der Waals surface area contributed by atoms with Gasteiger partial charge in [0, 0.05) is 15.6 Å². The summed E-state index contributed by atoms with van der Waals surface area (Å²) in [4.78, 5) is 26.7. The summed E-state index contributed by atoms with van der Waals surface area (Å²) >= 11 is 11.9. The first-order valence-electron chi connectivity index (χ1n) is 5.50. The van der Waals surface area contributed by atoms with E-state index in [1.54, 1.807) is 18.2 Å². The Hall–Kier alpha value is -2.38. The molecule has 0 atom stereocenters. The average molecular weight is 328 g/mol. The van der Waals surface area contributed by atoms with Crippen LogP contribution in [0.15, 0.2) is 23.0 Å². The molecule has 1 aromatic heterocycles. The standard InChI is InChI=1S/C12H7Cl2N3O4/c13-7-2-1-3-8(14)6(7)4-5-9-15-11(18)10(17(20)21)12(19)16-9/h1-5H,(H2,15,16,18,19)/b5-4-. The monoisotopic (exact) mass is 327 g/mol. The van der Waals surface area contributed by atoms with Crippen molar-refractivity contribution >= 4 is 41.0 Å². The number of H-pyrrole nitrogens is 1. The van der Waals surface area contributed by atoms with Crippen molar-refractivity contribution in [3.63, 3.8) is 0 Å². The maximum Gasteiger partial charge on any atom is 0.395 e. The van der Waals surface area contributed by atoms with Crippen molar-refractivity contribution in [2.24, 2.45) is 0 Å². The van der Waals surface area contributed by atoms with Gasteiger partial charge in [-0.1, -0.05) is 29.3 Å². The van der Waals surface area contributed by atoms with Gasteiger partial charge in [-0.3, -0.25) is 14.9 Å². The van der Waals surface area contributed by atoms with Gasteiger partial charge in [-0.15, -0.1) is 0 Å². The summed E-state index contributed by atoms with van der Waals surface area (Å²) in [6.45, 7) is 0. The number of nitrogens with zero attached hydrogens (tertiary/aromatic N) is 2. The molecule has 9 heteroatoms. The van der Waals surface area contributed by atoms with Crippen LogP contribution in [0.3, 0.4) is 0 Å². The number of rotatable bonds is 3. The molecule has 2 N–H and O–H groups in total. The van der Waals surface area contributed by atoms with Crippen LogP contribution >= 0.6 is 23.2 Å². The van der Waals surface area contributed by atoms with E-state index in [9.17, 15) is 20.0 Å². The molecule has 0 aliphatic heterocycles. The average Bonchev–Trinajstić information content (AvgIpc) is 2.36. The summed E-state index contributed by atoms with van der Waals surface area (Å²) in [5, 5.41) is 20.7. The van der Waals surface area contributed by atoms with E-state index in [1.165, 1.54) is 12.2 Å². The van der Waals surface area contributed by atoms with Crippen LogP contribution < -0.4 is 5.56 Å². The normalized spacial score (nSPS) is 11.0. The Morgan fingerprint density at radius 1 is 1.29 bits per heavy atom. The van der Waals surface area contributed by atoms with Gasteiger partial charge in [0.2, 0.25) is 0 Å². The van der Waals surface area contributed by atoms with Gasteiger partial charge in [0.05, 0.1) is 4.92 Å². The number of aromatic hydroxyl groups is 1. The first-order chi connectivity index (χ1) is 9.90. The fourth-order valence-electron chi connectivity index (χ4n) is 1.55. The molecular formula is C12H7Cl2N3O4. The summed E-state index contributed by atoms with van der Waals surface area (Å²) in [5.74, 6) is -1.03. The molecule has 0 saturated heterocycles. The lowest BCUT2D eigenvalue weighted by Gasteiger charge is -2.01. The number of benzene rings is 1. The third-order valence-electron chi connectivity index (χ3n) is 2.48. The van der Waals surface area contributed by atoms with Crippen molar-refractivity contribution in [3.8, 4) is 5.88 Å². The summed E-state index contributed by atoms with van der Waals surface area (Å²) in [7, 11) is 0. The molecule has 2 rings (SSSR count). The highest BCUT2D eigenvalue weighted by molar-refractivity contribution is 6.37. The SMILES string of the molecule is O=c1[nH]c(/C=C\c2c(Cl)cccc2Cl)nc(O)c1[N+](=O)[O-]. The lowest BCUT2D eigenvalue weighted by Crippen LogP contribution is -2.14. The Labute approximate surface area is 127 Å². The maximum absolute atomic E-state index is 11.5. The van der Waals surface area contributed by atoms with E-state index in [4.69, 9.17) is 23.2 Å². The quantitative estimate of drug-likeness (QED) is 0.665. The van der Waals surface area contributed by atoms with E-state index in [2.05, 4.69) is 9.97 Å². The van der Waals surface area contributed by atoms with Gasteiger partial charge in [-0.05, 0) is 24.3 Å². The third-order valence-corrected chi connectivity index (χ3v) is 3.14. The van der Waals surface area contributed by atoms with Crippen LogP contribution in [0, 0.1) is 10.1 Å². The topological polar surface area (TPSA) is 109 Å². The minimum Gasteiger partial charge on any atom is -0.488 e. The summed E-state index contributed by atoms with van der Waals surface area (Å²) in [6, 6.07) is 4.91. The number of nitro groups is 1. The van der Waals surface area contributed by atoms with Crippen molar-refractivity contribution in [2.75, 3.05) is 0 Å². The molecule has 0 unspecified atom stereocenters. The van der Waals surface area contributed by atoms with E-state index in [-0.39, 0.29) is 5.82 Å². The molecule has 0 radical (unpaired) electrons. The Morgan fingerprint density at radius 2 is 1.90 bits per heavy atom. The highest BCUT2D eigenvalue weighted by Crippen LogP contribution is 2.26. The summed E-state index contributed by atoms with van der Waals surface area (Å²) < 4.78 is 0. The number of hydrogen-bond acceptors (Lipinski definition) is 5. The number of nitrogens with one attached hydrogen (secondary N) is 1. The molecule has 0 aliphatic carbocycles. The fraction of sp³-hybridized carbons (Fsp3) is 0. The highest BCUT2D eigenvalue weighted by Gasteiger charge is 2.21. The second kappa shape index (κ2) is 5.94. The van der Waals surface area contributed by atoms with Crippen LogP contribution in [-0.4, -0.2) is 20.0 Å². The van der Waals surface area contributed by atoms with Crippen LogP contribution in [0.4, 0.5) is 5.69 Å². The van der Waals surface area contributed by atoms with Crippen molar-refractivity contribution in [2.45, 2.75) is 0 Å². The van der Waals surface area contributed by atoms with E-state index >= 15 is 0 Å². The molecule has 1 aromatic carbocycles. The molecule has 0 aliphatic rings. The van der Waals surface area contributed by atoms with E-state index in [0.717, 1.165) is 0 Å². The second-order valence-corrected chi connectivity index (χ2v) is 4.66. The second-order valence-electron chi connectivity index (χ2n) is 3.85. The van der Waals surface area contributed by atoms with Crippen molar-refractivity contribution in [1.82, 2.24) is 9.97 Å². The molecule has 0 spiro atoms. The van der Waals surface area contributed by atoms with Gasteiger partial charge in [0.1, 0.15) is 5.82 Å². The van der Waals surface area contributed by atoms with Gasteiger partial charge >= 0.3 is 11.2 Å². The van der Waals surface area contributed by atoms with Gasteiger partial charge in [-0.2, -0.15) is 4.98 Å². The molecule has 2 aromatic rings. The number of hydrogen-bond donors (Lipinski definition) is 2. The van der Waals surface area contributed by atoms with Crippen LogP contribution in [0.5, 0.6) is 5.88 Å². The lowest BCUT2D eigenvalue weighted by atomic mass is 10.2. The van der Waals surface area contributed by atoms with Gasteiger partial charge in [-0.25, -0.2) is 0 Å². The van der Waals surface area contributed by atoms with Gasteiger partial charge in [0.15, 0.2) is 0 Å². The smallest absolute Gasteiger partial charge is 0.395 e. The minimum absolute atomic E-state index is 0.0703. The van der Waals surface area contributed by atoms with Crippen LogP contribution in [-0.2, 0) is 0 Å². The molecule has 21 heavy (non-hydrogen) atoms. The van der Waals surface area contributed by atoms with Crippen molar-refractivity contribution in [3.05, 3.63) is 60.1 Å². The molecular weight excluding hydrogens is 321 g/mol. The Morgan fingerprint density at radius 3 is 2.43 bits per heavy atom. The maximum atomic E-state index is 11.5. The summed E-state index contributed by atoms with van der Waals surface area (Å²) in [6.07, 6.45) is 2.78. The van der Waals surface area contributed by atoms with E-state index in [1.807, 2.05) is 0 Å². The molecule has 0 saturated carbocycles. The molecule has 108 valence electrons. The molecule has 0 bridgehead atoms. The van der Waals surface area contributed by atoms with E-state index < -0.39 is 22.0 Å². The lowest BCUT2D eigenvalue weighted by molar-refractivity contribution is -0.387. The number of aromatic nitrogens is 2. The van der Waals surface area contributed by atoms with Crippen molar-refractivity contribution in [1.29, 1.82) is 0 Å². The van der Waals surface area contributed by atoms with Crippen LogP contribution in [0.2, 0.25) is 10.0 Å². The largest absolute Gasteiger partial charge is 0.488 e. The van der Waals surface area contributed by atoms with Gasteiger partial charge in [0.25, 0.3) is 5.88 Å². The van der Waals surface area contributed by atoms with Gasteiger partial charge < -0.3 is 10.1 Å². The first kappa shape index (κ1) is 15.0. The third kappa shape index (κ3) is 3.21. The Bertz CT molecular complexity index is 781. The summed E-state index contributed by atoms with van der Waals surface area (Å²) in [5.41, 5.74) is -1.58. The predicted molar refractivity (Wildman–Crippen MR) is 78.6 cm³/mol. The van der Waals surface area contributed by atoms with E-state index in [0.29, 0.717) is 15.6 Å². The molecule has 7 nitrogen and oxygen atoms in total. The minimum atomic E-state index is -1.06. The number of halogens is 2. The zero-order valence-electron chi connectivity index (χ0n) is 10.2. The number of aromatic amines is 1. The van der Waals surface area contributed by atoms with Crippen LogP contribution in [0.25, 0.3) is 12.2 Å². The zero-order chi connectivity index (χ0) is 15.6. The van der Waals surface area contributed by atoms with Crippen LogP contribution in [0.1, 0.15) is 11.4 Å². The zero-order valence-corrected chi connectivity index (χ0v) is 11.7. The first-order valence-corrected chi connectivity index (χ1v) is 6.25.